The van der Waals surface area contributed by atoms with Crippen molar-refractivity contribution in [3.05, 3.63) is 23.8 Å². The van der Waals surface area contributed by atoms with Crippen LogP contribution < -0.4 is 4.74 Å². The van der Waals surface area contributed by atoms with Crippen LogP contribution in [0.2, 0.25) is 0 Å². The minimum absolute atomic E-state index is 0.00166. The van der Waals surface area contributed by atoms with E-state index < -0.39 is 0 Å². The summed E-state index contributed by atoms with van der Waals surface area (Å²) < 4.78 is 4.91. The van der Waals surface area contributed by atoms with Gasteiger partial charge in [0.2, 0.25) is 0 Å². The summed E-state index contributed by atoms with van der Waals surface area (Å²) >= 11 is 0. The van der Waals surface area contributed by atoms with Crippen LogP contribution in [0.25, 0.3) is 0 Å². The molecular weight excluding hydrogens is 206 g/mol. The van der Waals surface area contributed by atoms with E-state index in [1.54, 1.807) is 12.1 Å². The van der Waals surface area contributed by atoms with Gasteiger partial charge in [-0.25, -0.2) is 0 Å². The number of Topliss-reactive ketones (excluding diaryl/α,β-unsaturated/α-hetero) is 1. The van der Waals surface area contributed by atoms with E-state index in [0.29, 0.717) is 24.3 Å². The van der Waals surface area contributed by atoms with E-state index in [1.165, 1.54) is 13.2 Å². The van der Waals surface area contributed by atoms with E-state index in [4.69, 9.17) is 4.74 Å². The number of phenolic OH excluding ortho intramolecular Hbond substituents is 1. The molecule has 0 unspecified atom stereocenters. The van der Waals surface area contributed by atoms with Crippen molar-refractivity contribution in [3.8, 4) is 11.5 Å². The Morgan fingerprint density at radius 2 is 2.12 bits per heavy atom. The molecule has 4 nitrogen and oxygen atoms in total. The molecule has 16 heavy (non-hydrogen) atoms. The third-order valence-electron chi connectivity index (χ3n) is 2.29. The molecule has 0 aromatic heterocycles. The zero-order valence-electron chi connectivity index (χ0n) is 9.86. The number of aromatic hydroxyl groups is 1. The Hall–Kier alpha value is -1.55. The number of ketones is 1. The molecule has 4 heteroatoms. The summed E-state index contributed by atoms with van der Waals surface area (Å²) in [7, 11) is 5.31. The molecule has 1 aromatic carbocycles. The SMILES string of the molecule is COc1ccc(C(=O)CCN(C)C)cc1O. The molecular formula is C12H17NO3. The average Bonchev–Trinajstić information content (AvgIpc) is 2.25. The maximum Gasteiger partial charge on any atom is 0.164 e. The van der Waals surface area contributed by atoms with E-state index in [-0.39, 0.29) is 11.5 Å². The Labute approximate surface area is 95.5 Å². The van der Waals surface area contributed by atoms with E-state index in [2.05, 4.69) is 0 Å². The van der Waals surface area contributed by atoms with Crippen LogP contribution in [0, 0.1) is 0 Å². The van der Waals surface area contributed by atoms with Gasteiger partial charge in [0.25, 0.3) is 0 Å². The second kappa shape index (κ2) is 5.51. The summed E-state index contributed by atoms with van der Waals surface area (Å²) in [5.74, 6) is 0.397. The van der Waals surface area contributed by atoms with Crippen molar-refractivity contribution in [1.82, 2.24) is 4.90 Å². The lowest BCUT2D eigenvalue weighted by Crippen LogP contribution is -2.16. The molecule has 0 saturated heterocycles. The molecule has 0 radical (unpaired) electrons. The second-order valence-electron chi connectivity index (χ2n) is 3.86. The summed E-state index contributed by atoms with van der Waals surface area (Å²) in [5, 5.41) is 9.53. The Bertz CT molecular complexity index is 375. The molecule has 1 aromatic rings. The van der Waals surface area contributed by atoms with Gasteiger partial charge in [-0.1, -0.05) is 0 Å². The summed E-state index contributed by atoms with van der Waals surface area (Å²) in [6, 6.07) is 4.70. The minimum Gasteiger partial charge on any atom is -0.504 e. The van der Waals surface area contributed by atoms with Crippen LogP contribution in [-0.2, 0) is 0 Å². The van der Waals surface area contributed by atoms with Gasteiger partial charge in [0, 0.05) is 18.5 Å². The van der Waals surface area contributed by atoms with Crippen LogP contribution in [0.4, 0.5) is 0 Å². The average molecular weight is 223 g/mol. The fourth-order valence-electron chi connectivity index (χ4n) is 1.33. The van der Waals surface area contributed by atoms with Gasteiger partial charge in [0.1, 0.15) is 0 Å². The highest BCUT2D eigenvalue weighted by molar-refractivity contribution is 5.96. The standard InChI is InChI=1S/C12H17NO3/c1-13(2)7-6-10(14)9-4-5-12(16-3)11(15)8-9/h4-5,8,15H,6-7H2,1-3H3. The summed E-state index contributed by atoms with van der Waals surface area (Å²) in [6.45, 7) is 0.700. The first-order valence-electron chi connectivity index (χ1n) is 5.09. The smallest absolute Gasteiger partial charge is 0.164 e. The van der Waals surface area contributed by atoms with Crippen LogP contribution in [0.5, 0.6) is 11.5 Å². The van der Waals surface area contributed by atoms with E-state index in [0.717, 1.165) is 0 Å². The van der Waals surface area contributed by atoms with Gasteiger partial charge in [-0.15, -0.1) is 0 Å². The highest BCUT2D eigenvalue weighted by atomic mass is 16.5. The summed E-state index contributed by atoms with van der Waals surface area (Å²) in [6.07, 6.45) is 0.443. The number of rotatable bonds is 5. The molecule has 0 fully saturated rings. The second-order valence-corrected chi connectivity index (χ2v) is 3.86. The number of carbonyl (C=O) groups excluding carboxylic acids is 1. The zero-order chi connectivity index (χ0) is 12.1. The largest absolute Gasteiger partial charge is 0.504 e. The van der Waals surface area contributed by atoms with E-state index >= 15 is 0 Å². The molecule has 0 spiro atoms. The predicted molar refractivity (Wildman–Crippen MR) is 62.2 cm³/mol. The lowest BCUT2D eigenvalue weighted by atomic mass is 10.1. The molecule has 0 saturated carbocycles. The number of nitrogens with zero attached hydrogens (tertiary/aromatic N) is 1. The zero-order valence-corrected chi connectivity index (χ0v) is 9.86. The Kier molecular flexibility index (Phi) is 4.31. The monoisotopic (exact) mass is 223 g/mol. The van der Waals surface area contributed by atoms with Gasteiger partial charge in [-0.05, 0) is 32.3 Å². The minimum atomic E-state index is -0.00166. The van der Waals surface area contributed by atoms with Crippen LogP contribution in [0.3, 0.4) is 0 Å². The predicted octanol–water partition coefficient (Wildman–Crippen LogP) is 1.54. The fraction of sp³-hybridized carbons (Fsp3) is 0.417. The number of benzene rings is 1. The molecule has 0 atom stereocenters. The Balaban J connectivity index is 2.73. The van der Waals surface area contributed by atoms with Crippen molar-refractivity contribution < 1.29 is 14.6 Å². The molecule has 0 aliphatic rings. The molecule has 0 bridgehead atoms. The maximum absolute atomic E-state index is 11.7. The number of ether oxygens (including phenoxy) is 1. The van der Waals surface area contributed by atoms with Gasteiger partial charge in [-0.2, -0.15) is 0 Å². The van der Waals surface area contributed by atoms with Crippen LogP contribution in [0.15, 0.2) is 18.2 Å². The molecule has 0 aliphatic heterocycles. The van der Waals surface area contributed by atoms with Gasteiger partial charge < -0.3 is 14.7 Å². The van der Waals surface area contributed by atoms with Crippen molar-refractivity contribution in [3.63, 3.8) is 0 Å². The van der Waals surface area contributed by atoms with Crippen molar-refractivity contribution in [2.75, 3.05) is 27.7 Å². The number of hydrogen-bond acceptors (Lipinski definition) is 4. The van der Waals surface area contributed by atoms with Crippen molar-refractivity contribution in [2.24, 2.45) is 0 Å². The maximum atomic E-state index is 11.7. The van der Waals surface area contributed by atoms with E-state index in [9.17, 15) is 9.90 Å². The molecule has 0 aliphatic carbocycles. The van der Waals surface area contributed by atoms with Crippen molar-refractivity contribution >= 4 is 5.78 Å². The van der Waals surface area contributed by atoms with Gasteiger partial charge >= 0.3 is 0 Å². The Morgan fingerprint density at radius 1 is 1.44 bits per heavy atom. The van der Waals surface area contributed by atoms with Crippen molar-refractivity contribution in [1.29, 1.82) is 0 Å². The highest BCUT2D eigenvalue weighted by Gasteiger charge is 2.09. The third-order valence-corrected chi connectivity index (χ3v) is 2.29. The first-order chi connectivity index (χ1) is 7.54. The first kappa shape index (κ1) is 12.5. The number of carbonyl (C=O) groups is 1. The normalized spacial score (nSPS) is 10.5. The molecule has 0 amide bonds. The van der Waals surface area contributed by atoms with E-state index in [1.807, 2.05) is 19.0 Å². The van der Waals surface area contributed by atoms with Crippen LogP contribution in [0.1, 0.15) is 16.8 Å². The lowest BCUT2D eigenvalue weighted by molar-refractivity contribution is 0.0972. The highest BCUT2D eigenvalue weighted by Crippen LogP contribution is 2.26. The molecule has 88 valence electrons. The van der Waals surface area contributed by atoms with Crippen molar-refractivity contribution in [2.45, 2.75) is 6.42 Å². The van der Waals surface area contributed by atoms with Crippen LogP contribution >= 0.6 is 0 Å². The number of phenols is 1. The topological polar surface area (TPSA) is 49.8 Å². The third kappa shape index (κ3) is 3.24. The molecule has 1 N–H and O–H groups in total. The molecule has 0 heterocycles. The summed E-state index contributed by atoms with van der Waals surface area (Å²) in [4.78, 5) is 13.7. The summed E-state index contributed by atoms with van der Waals surface area (Å²) in [5.41, 5.74) is 0.514. The number of hydrogen-bond donors (Lipinski definition) is 1. The molecule has 1 rings (SSSR count). The van der Waals surface area contributed by atoms with Gasteiger partial charge in [-0.3, -0.25) is 4.79 Å². The quantitative estimate of drug-likeness (QED) is 0.769. The lowest BCUT2D eigenvalue weighted by Gasteiger charge is -2.09. The van der Waals surface area contributed by atoms with Gasteiger partial charge in [0.15, 0.2) is 17.3 Å². The van der Waals surface area contributed by atoms with Crippen LogP contribution in [-0.4, -0.2) is 43.5 Å². The van der Waals surface area contributed by atoms with Gasteiger partial charge in [0.05, 0.1) is 7.11 Å². The first-order valence-corrected chi connectivity index (χ1v) is 5.09. The fourth-order valence-corrected chi connectivity index (χ4v) is 1.33. The number of methoxy groups -OCH3 is 1. The Morgan fingerprint density at radius 3 is 2.62 bits per heavy atom.